The number of hydrogen-bond donors (Lipinski definition) is 3. The molecule has 6 heteroatoms. The second kappa shape index (κ2) is 7.31. The van der Waals surface area contributed by atoms with Crippen LogP contribution in [0.2, 0.25) is 5.15 Å². The molecule has 0 spiro atoms. The Labute approximate surface area is 118 Å². The number of aromatic nitrogens is 1. The number of carbonyl (C=O) groups excluding carboxylic acids is 1. The van der Waals surface area contributed by atoms with E-state index in [-0.39, 0.29) is 17.0 Å². The molecule has 0 aliphatic heterocycles. The smallest absolute Gasteiger partial charge is 0.251 e. The zero-order chi connectivity index (χ0) is 14.4. The molecule has 1 aromatic rings. The summed E-state index contributed by atoms with van der Waals surface area (Å²) >= 11 is 5.83. The minimum atomic E-state index is -0.408. The number of anilines is 1. The Balaban J connectivity index is 2.56. The summed E-state index contributed by atoms with van der Waals surface area (Å²) in [6.07, 6.45) is 0.121. The van der Waals surface area contributed by atoms with Crippen molar-refractivity contribution in [3.63, 3.8) is 0 Å². The topological polar surface area (TPSA) is 74.2 Å². The van der Waals surface area contributed by atoms with E-state index in [0.29, 0.717) is 24.3 Å². The molecule has 5 nitrogen and oxygen atoms in total. The molecule has 0 saturated carbocycles. The number of halogens is 1. The molecule has 3 N–H and O–H groups in total. The minimum absolute atomic E-state index is 0.183. The number of hydrogen-bond acceptors (Lipinski definition) is 4. The van der Waals surface area contributed by atoms with Crippen molar-refractivity contribution >= 4 is 23.3 Å². The zero-order valence-corrected chi connectivity index (χ0v) is 12.2. The number of aliphatic hydroxyl groups is 1. The maximum atomic E-state index is 11.9. The summed E-state index contributed by atoms with van der Waals surface area (Å²) in [5.74, 6) is 0.500. The number of pyridine rings is 1. The van der Waals surface area contributed by atoms with Gasteiger partial charge < -0.3 is 15.7 Å². The van der Waals surface area contributed by atoms with Crippen LogP contribution in [0.25, 0.3) is 0 Å². The van der Waals surface area contributed by atoms with Crippen LogP contribution in [0.1, 0.15) is 30.6 Å². The maximum Gasteiger partial charge on any atom is 0.251 e. The predicted molar refractivity (Wildman–Crippen MR) is 76.6 cm³/mol. The van der Waals surface area contributed by atoms with Crippen LogP contribution in [-0.2, 0) is 0 Å². The van der Waals surface area contributed by atoms with E-state index in [1.807, 2.05) is 13.8 Å². The lowest BCUT2D eigenvalue weighted by atomic mass is 10.0. The summed E-state index contributed by atoms with van der Waals surface area (Å²) < 4.78 is 0. The normalized spacial score (nSPS) is 12.3. The van der Waals surface area contributed by atoms with Crippen LogP contribution in [0.3, 0.4) is 0 Å². The largest absolute Gasteiger partial charge is 0.393 e. The summed E-state index contributed by atoms with van der Waals surface area (Å²) in [5, 5.41) is 15.5. The Hall–Kier alpha value is -1.33. The highest BCUT2D eigenvalue weighted by molar-refractivity contribution is 6.29. The van der Waals surface area contributed by atoms with Gasteiger partial charge in [0.15, 0.2) is 0 Å². The van der Waals surface area contributed by atoms with Crippen LogP contribution >= 0.6 is 11.6 Å². The fourth-order valence-corrected chi connectivity index (χ4v) is 1.73. The zero-order valence-electron chi connectivity index (χ0n) is 11.4. The second-order valence-corrected chi connectivity index (χ2v) is 5.06. The van der Waals surface area contributed by atoms with E-state index >= 15 is 0 Å². The molecule has 0 aromatic carbocycles. The van der Waals surface area contributed by atoms with E-state index in [1.54, 1.807) is 13.1 Å². The second-order valence-electron chi connectivity index (χ2n) is 4.67. The molecule has 0 saturated heterocycles. The molecule has 0 aliphatic rings. The highest BCUT2D eigenvalue weighted by Crippen LogP contribution is 2.14. The van der Waals surface area contributed by atoms with E-state index in [4.69, 9.17) is 11.6 Å². The van der Waals surface area contributed by atoms with Gasteiger partial charge in [-0.05, 0) is 24.5 Å². The summed E-state index contributed by atoms with van der Waals surface area (Å²) in [6, 6.07) is 3.14. The van der Waals surface area contributed by atoms with Crippen LogP contribution in [0.5, 0.6) is 0 Å². The molecule has 1 unspecified atom stereocenters. The molecule has 106 valence electrons. The monoisotopic (exact) mass is 285 g/mol. The average molecular weight is 286 g/mol. The van der Waals surface area contributed by atoms with Crippen molar-refractivity contribution in [3.8, 4) is 0 Å². The van der Waals surface area contributed by atoms with Gasteiger partial charge in [0.25, 0.3) is 5.91 Å². The highest BCUT2D eigenvalue weighted by atomic mass is 35.5. The first-order valence-corrected chi connectivity index (χ1v) is 6.63. The third-order valence-electron chi connectivity index (χ3n) is 2.81. The Bertz CT molecular complexity index is 438. The summed E-state index contributed by atoms with van der Waals surface area (Å²) in [6.45, 7) is 4.30. The van der Waals surface area contributed by atoms with Gasteiger partial charge in [0, 0.05) is 19.2 Å². The Morgan fingerprint density at radius 2 is 2.16 bits per heavy atom. The summed E-state index contributed by atoms with van der Waals surface area (Å²) in [5.41, 5.74) is 0.448. The third-order valence-corrected chi connectivity index (χ3v) is 3.00. The van der Waals surface area contributed by atoms with Crippen LogP contribution in [0.15, 0.2) is 12.1 Å². The highest BCUT2D eigenvalue weighted by Gasteiger charge is 2.11. The minimum Gasteiger partial charge on any atom is -0.393 e. The number of amides is 1. The van der Waals surface area contributed by atoms with Crippen LogP contribution < -0.4 is 10.6 Å². The summed E-state index contributed by atoms with van der Waals surface area (Å²) in [4.78, 5) is 15.9. The van der Waals surface area contributed by atoms with Crippen LogP contribution in [0.4, 0.5) is 5.82 Å². The van der Waals surface area contributed by atoms with E-state index in [1.165, 1.54) is 6.07 Å². The summed E-state index contributed by atoms with van der Waals surface area (Å²) in [7, 11) is 1.71. The van der Waals surface area contributed by atoms with Crippen molar-refractivity contribution < 1.29 is 9.90 Å². The average Bonchev–Trinajstić information content (AvgIpc) is 2.37. The Kier molecular flexibility index (Phi) is 6.05. The molecule has 1 aromatic heterocycles. The molecule has 1 rings (SSSR count). The lowest BCUT2D eigenvalue weighted by Crippen LogP contribution is -2.28. The third kappa shape index (κ3) is 5.04. The number of nitrogens with zero attached hydrogens (tertiary/aromatic N) is 1. The molecule has 0 bridgehead atoms. The first-order chi connectivity index (χ1) is 8.93. The quantitative estimate of drug-likeness (QED) is 0.698. The SMILES string of the molecule is CNc1cc(C(=O)NCCC(O)C(C)C)cc(Cl)n1. The van der Waals surface area contributed by atoms with Gasteiger partial charge in [0.1, 0.15) is 11.0 Å². The van der Waals surface area contributed by atoms with Crippen molar-refractivity contribution in [2.75, 3.05) is 18.9 Å². The lowest BCUT2D eigenvalue weighted by Gasteiger charge is -2.14. The standard InChI is InChI=1S/C13H20ClN3O2/c1-8(2)10(18)4-5-16-13(19)9-6-11(14)17-12(7-9)15-3/h6-8,10,18H,4-5H2,1-3H3,(H,15,17)(H,16,19). The van der Waals surface area contributed by atoms with Crippen molar-refractivity contribution in [3.05, 3.63) is 22.8 Å². The van der Waals surface area contributed by atoms with Gasteiger partial charge in [-0.2, -0.15) is 0 Å². The molecule has 1 atom stereocenters. The van der Waals surface area contributed by atoms with Crippen molar-refractivity contribution in [1.82, 2.24) is 10.3 Å². The first-order valence-electron chi connectivity index (χ1n) is 6.25. The van der Waals surface area contributed by atoms with Crippen molar-refractivity contribution in [1.29, 1.82) is 0 Å². The Morgan fingerprint density at radius 1 is 1.47 bits per heavy atom. The van der Waals surface area contributed by atoms with Gasteiger partial charge >= 0.3 is 0 Å². The molecule has 1 heterocycles. The van der Waals surface area contributed by atoms with Crippen molar-refractivity contribution in [2.45, 2.75) is 26.4 Å². The number of aliphatic hydroxyl groups excluding tert-OH is 1. The first kappa shape index (κ1) is 15.7. The van der Waals surface area contributed by atoms with Gasteiger partial charge in [-0.1, -0.05) is 25.4 Å². The number of nitrogens with one attached hydrogen (secondary N) is 2. The molecule has 0 radical (unpaired) electrons. The van der Waals surface area contributed by atoms with E-state index < -0.39 is 6.10 Å². The van der Waals surface area contributed by atoms with Gasteiger partial charge in [-0.3, -0.25) is 4.79 Å². The van der Waals surface area contributed by atoms with E-state index in [2.05, 4.69) is 15.6 Å². The molecule has 1 amide bonds. The van der Waals surface area contributed by atoms with Crippen molar-refractivity contribution in [2.24, 2.45) is 5.92 Å². The number of carbonyl (C=O) groups is 1. The lowest BCUT2D eigenvalue weighted by molar-refractivity contribution is 0.0920. The van der Waals surface area contributed by atoms with E-state index in [9.17, 15) is 9.90 Å². The molecule has 19 heavy (non-hydrogen) atoms. The fraction of sp³-hybridized carbons (Fsp3) is 0.538. The molecule has 0 fully saturated rings. The molecular weight excluding hydrogens is 266 g/mol. The maximum absolute atomic E-state index is 11.9. The molecular formula is C13H20ClN3O2. The Morgan fingerprint density at radius 3 is 2.74 bits per heavy atom. The van der Waals surface area contributed by atoms with Crippen LogP contribution in [0, 0.1) is 5.92 Å². The van der Waals surface area contributed by atoms with Crippen LogP contribution in [-0.4, -0.2) is 35.7 Å². The van der Waals surface area contributed by atoms with Gasteiger partial charge in [0.05, 0.1) is 6.10 Å². The van der Waals surface area contributed by atoms with Gasteiger partial charge in [-0.25, -0.2) is 4.98 Å². The van der Waals surface area contributed by atoms with Gasteiger partial charge in [0.2, 0.25) is 0 Å². The fourth-order valence-electron chi connectivity index (χ4n) is 1.53. The van der Waals surface area contributed by atoms with E-state index in [0.717, 1.165) is 0 Å². The molecule has 0 aliphatic carbocycles. The predicted octanol–water partition coefficient (Wildman–Crippen LogP) is 1.91. The van der Waals surface area contributed by atoms with Gasteiger partial charge in [-0.15, -0.1) is 0 Å². The number of rotatable bonds is 6.